The molecule has 6 rings (SSSR count). The molecule has 1 amide bonds. The summed E-state index contributed by atoms with van der Waals surface area (Å²) in [4.78, 5) is 16.9. The number of ether oxygens (including phenoxy) is 1. The first-order valence-corrected chi connectivity index (χ1v) is 23.4. The molecule has 2 aliphatic heterocycles. The lowest BCUT2D eigenvalue weighted by Crippen LogP contribution is -2.49. The lowest BCUT2D eigenvalue weighted by Gasteiger charge is -2.53. The molecule has 2 saturated carbocycles. The monoisotopic (exact) mass is 814 g/mol. The third kappa shape index (κ3) is 9.97. The summed E-state index contributed by atoms with van der Waals surface area (Å²) in [5.41, 5.74) is 4.31. The lowest BCUT2D eigenvalue weighted by atomic mass is 9.52. The highest BCUT2D eigenvalue weighted by Gasteiger charge is 2.58. The largest absolute Gasteiger partial charge is 0.465 e. The van der Waals surface area contributed by atoms with E-state index in [1.54, 1.807) is 4.90 Å². The van der Waals surface area contributed by atoms with E-state index < -0.39 is 41.8 Å². The van der Waals surface area contributed by atoms with E-state index in [1.807, 2.05) is 7.11 Å². The standard InChI is InChI=1S/C44H67F5N2O4S/c1-42-22-19-36-35-16-15-31(38-30-34(20-25-51(38)41(52)53)50-23-10-8-11-24-50)28-33(35)29-32(40(36)37(42)17-18-39(42)55-2)14-9-6-4-3-5-7-12-26-56(54)27-13-21-43(45,46)44(47,48)49/h15-16,28,32,34,36-40H,3-14,17-27,29-30H2,1-2H3,(H,52,53)/t32-,34?,36-,37+,38?,39+,40-,42+,56?/m1/s1. The normalized spacial score (nSPS) is 31.8. The highest BCUT2D eigenvalue weighted by atomic mass is 32.2. The Kier molecular flexibility index (Phi) is 14.9. The zero-order valence-corrected chi connectivity index (χ0v) is 34.6. The predicted octanol–water partition coefficient (Wildman–Crippen LogP) is 11.3. The molecule has 56 heavy (non-hydrogen) atoms. The molecule has 1 aromatic carbocycles. The van der Waals surface area contributed by atoms with Crippen molar-refractivity contribution in [2.24, 2.45) is 23.2 Å². The number of unbranched alkanes of at least 4 members (excludes halogenated alkanes) is 6. The molecular formula is C44H67F5N2O4S. The minimum absolute atomic E-state index is 0.113. The predicted molar refractivity (Wildman–Crippen MR) is 212 cm³/mol. The molecule has 0 bridgehead atoms. The van der Waals surface area contributed by atoms with Crippen LogP contribution in [-0.4, -0.2) is 87.7 Å². The van der Waals surface area contributed by atoms with Crippen molar-refractivity contribution in [1.82, 2.24) is 9.80 Å². The number of halogens is 5. The van der Waals surface area contributed by atoms with Crippen LogP contribution >= 0.6 is 0 Å². The number of fused-ring (bicyclic) bond motifs is 5. The number of nitrogens with zero attached hydrogens (tertiary/aromatic N) is 2. The summed E-state index contributed by atoms with van der Waals surface area (Å²) >= 11 is 0. The molecule has 3 aliphatic carbocycles. The third-order valence-corrected chi connectivity index (χ3v) is 16.4. The van der Waals surface area contributed by atoms with E-state index in [0.29, 0.717) is 54.5 Å². The van der Waals surface area contributed by atoms with Crippen molar-refractivity contribution in [3.05, 3.63) is 34.9 Å². The number of likely N-dealkylation sites (tertiary alicyclic amines) is 2. The van der Waals surface area contributed by atoms with Gasteiger partial charge in [0.2, 0.25) is 0 Å². The lowest BCUT2D eigenvalue weighted by molar-refractivity contribution is -0.284. The number of carbonyl (C=O) groups is 1. The van der Waals surface area contributed by atoms with Crippen molar-refractivity contribution in [2.75, 3.05) is 38.2 Å². The molecule has 9 atom stereocenters. The van der Waals surface area contributed by atoms with Gasteiger partial charge in [-0.2, -0.15) is 22.0 Å². The average molecular weight is 815 g/mol. The Hall–Kier alpha value is -1.79. The van der Waals surface area contributed by atoms with Crippen molar-refractivity contribution < 1.29 is 40.8 Å². The topological polar surface area (TPSA) is 70.1 Å². The Morgan fingerprint density at radius 2 is 1.61 bits per heavy atom. The van der Waals surface area contributed by atoms with Crippen LogP contribution in [0.25, 0.3) is 0 Å². The van der Waals surface area contributed by atoms with Gasteiger partial charge in [-0.15, -0.1) is 0 Å². The SMILES string of the molecule is CO[C@H]1CC[C@H]2[C@@H]3[C@H](CCCCCCCCCS(=O)CCCC(F)(F)C(F)(F)F)Cc4cc(C5CC(N6CCCCC6)CCN5C(=O)O)ccc4[C@H]3CC[C@]12C. The number of rotatable bonds is 17. The molecule has 2 saturated heterocycles. The minimum Gasteiger partial charge on any atom is -0.465 e. The van der Waals surface area contributed by atoms with Crippen LogP contribution in [0.15, 0.2) is 18.2 Å². The Bertz CT molecular complexity index is 1470. The number of hydrogen-bond acceptors (Lipinski definition) is 4. The van der Waals surface area contributed by atoms with E-state index in [-0.39, 0.29) is 17.2 Å². The maximum Gasteiger partial charge on any atom is 0.453 e. The van der Waals surface area contributed by atoms with Crippen LogP contribution in [0.2, 0.25) is 0 Å². The molecule has 6 nitrogen and oxygen atoms in total. The van der Waals surface area contributed by atoms with E-state index in [2.05, 4.69) is 30.0 Å². The maximum absolute atomic E-state index is 13.1. The van der Waals surface area contributed by atoms with Gasteiger partial charge in [0.05, 0.1) is 12.1 Å². The Morgan fingerprint density at radius 1 is 0.911 bits per heavy atom. The summed E-state index contributed by atoms with van der Waals surface area (Å²) in [5.74, 6) is -2.11. The fourth-order valence-electron chi connectivity index (χ4n) is 12.0. The summed E-state index contributed by atoms with van der Waals surface area (Å²) in [5, 5.41) is 10.3. The van der Waals surface area contributed by atoms with Crippen LogP contribution in [-0.2, 0) is 22.0 Å². The van der Waals surface area contributed by atoms with Gasteiger partial charge in [0.15, 0.2) is 0 Å². The van der Waals surface area contributed by atoms with Crippen LogP contribution in [0.1, 0.15) is 158 Å². The second kappa shape index (κ2) is 19.1. The van der Waals surface area contributed by atoms with Crippen molar-refractivity contribution in [3.63, 3.8) is 0 Å². The number of hydrogen-bond donors (Lipinski definition) is 1. The van der Waals surface area contributed by atoms with Gasteiger partial charge >= 0.3 is 18.2 Å². The van der Waals surface area contributed by atoms with Gasteiger partial charge in [-0.3, -0.25) is 4.21 Å². The first kappa shape index (κ1) is 43.8. The smallest absolute Gasteiger partial charge is 0.453 e. The Labute approximate surface area is 334 Å². The number of methoxy groups -OCH3 is 1. The fraction of sp³-hybridized carbons (Fsp3) is 0.841. The van der Waals surface area contributed by atoms with Crippen LogP contribution in [0.4, 0.5) is 26.7 Å². The maximum atomic E-state index is 13.1. The molecule has 1 aromatic rings. The Balaban J connectivity index is 1.04. The second-order valence-electron chi connectivity index (χ2n) is 18.2. The first-order valence-electron chi connectivity index (χ1n) is 21.9. The number of piperidine rings is 2. The molecule has 12 heteroatoms. The quantitative estimate of drug-likeness (QED) is 0.125. The highest BCUT2D eigenvalue weighted by molar-refractivity contribution is 7.84. The summed E-state index contributed by atoms with van der Waals surface area (Å²) in [6.07, 6.45) is 11.8. The molecule has 318 valence electrons. The van der Waals surface area contributed by atoms with Crippen molar-refractivity contribution >= 4 is 16.9 Å². The van der Waals surface area contributed by atoms with Crippen LogP contribution in [0.3, 0.4) is 0 Å². The summed E-state index contributed by atoms with van der Waals surface area (Å²) in [6, 6.07) is 7.38. The third-order valence-electron chi connectivity index (χ3n) is 15.0. The number of benzene rings is 1. The van der Waals surface area contributed by atoms with E-state index in [4.69, 9.17) is 4.74 Å². The van der Waals surface area contributed by atoms with Gasteiger partial charge in [-0.05, 0) is 136 Å². The van der Waals surface area contributed by atoms with Crippen molar-refractivity contribution in [2.45, 2.75) is 172 Å². The minimum atomic E-state index is -5.55. The molecule has 0 aromatic heterocycles. The van der Waals surface area contributed by atoms with Gasteiger partial charge in [-0.25, -0.2) is 4.79 Å². The van der Waals surface area contributed by atoms with E-state index in [1.165, 1.54) is 62.5 Å². The fourth-order valence-corrected chi connectivity index (χ4v) is 13.2. The summed E-state index contributed by atoms with van der Waals surface area (Å²) < 4.78 is 81.6. The number of alkyl halides is 5. The number of amides is 1. The van der Waals surface area contributed by atoms with Crippen LogP contribution in [0, 0.1) is 23.2 Å². The second-order valence-corrected chi connectivity index (χ2v) is 19.9. The zero-order chi connectivity index (χ0) is 40.1. The zero-order valence-electron chi connectivity index (χ0n) is 33.8. The van der Waals surface area contributed by atoms with E-state index in [9.17, 15) is 36.1 Å². The van der Waals surface area contributed by atoms with Gasteiger partial charge in [0.25, 0.3) is 0 Å². The van der Waals surface area contributed by atoms with Crippen LogP contribution < -0.4 is 0 Å². The van der Waals surface area contributed by atoms with Crippen LogP contribution in [0.5, 0.6) is 0 Å². The number of carboxylic acid groups (broad SMARTS) is 1. The summed E-state index contributed by atoms with van der Waals surface area (Å²) in [7, 11) is 0.511. The highest BCUT2D eigenvalue weighted by Crippen LogP contribution is 2.63. The molecule has 0 spiro atoms. The molecule has 1 N–H and O–H groups in total. The van der Waals surface area contributed by atoms with E-state index >= 15 is 0 Å². The van der Waals surface area contributed by atoms with Gasteiger partial charge < -0.3 is 19.6 Å². The van der Waals surface area contributed by atoms with Gasteiger partial charge in [0.1, 0.15) is 0 Å². The first-order chi connectivity index (χ1) is 26.7. The molecule has 3 unspecified atom stereocenters. The molecule has 4 fully saturated rings. The van der Waals surface area contributed by atoms with Crippen molar-refractivity contribution in [3.8, 4) is 0 Å². The molecular weight excluding hydrogens is 748 g/mol. The van der Waals surface area contributed by atoms with E-state index in [0.717, 1.165) is 76.4 Å². The van der Waals surface area contributed by atoms with Gasteiger partial charge in [-0.1, -0.05) is 70.1 Å². The van der Waals surface area contributed by atoms with Gasteiger partial charge in [0, 0.05) is 48.4 Å². The summed E-state index contributed by atoms with van der Waals surface area (Å²) in [6.45, 7) is 5.32. The Morgan fingerprint density at radius 3 is 2.30 bits per heavy atom. The molecule has 2 heterocycles. The average Bonchev–Trinajstić information content (AvgIpc) is 3.52. The molecule has 5 aliphatic rings. The van der Waals surface area contributed by atoms with Crippen molar-refractivity contribution in [1.29, 1.82) is 0 Å². The molecule has 0 radical (unpaired) electrons.